The Morgan fingerprint density at radius 3 is 1.32 bits per heavy atom. The van der Waals surface area contributed by atoms with E-state index >= 15 is 0 Å². The van der Waals surface area contributed by atoms with E-state index in [1.165, 1.54) is 148 Å². The van der Waals surface area contributed by atoms with Crippen molar-refractivity contribution in [2.24, 2.45) is 0 Å². The van der Waals surface area contributed by atoms with Gasteiger partial charge in [-0.3, -0.25) is 9.59 Å². The van der Waals surface area contributed by atoms with E-state index < -0.39 is 18.2 Å². The van der Waals surface area contributed by atoms with Gasteiger partial charge in [0.1, 0.15) is 6.10 Å². The molecule has 56 heavy (non-hydrogen) atoms. The van der Waals surface area contributed by atoms with E-state index in [1.54, 1.807) is 0 Å². The monoisotopic (exact) mass is 790 g/mol. The van der Waals surface area contributed by atoms with Crippen LogP contribution in [0.2, 0.25) is 0 Å². The number of hydrogen-bond donors (Lipinski definition) is 3. The van der Waals surface area contributed by atoms with Gasteiger partial charge in [-0.2, -0.15) is 0 Å². The van der Waals surface area contributed by atoms with Gasteiger partial charge in [0.05, 0.1) is 25.2 Å². The summed E-state index contributed by atoms with van der Waals surface area (Å²) in [5.74, 6) is -0.501. The van der Waals surface area contributed by atoms with Crippen LogP contribution in [0.1, 0.15) is 258 Å². The molecule has 6 nitrogen and oxygen atoms in total. The number of nitrogens with one attached hydrogen (secondary N) is 1. The molecular formula is C50H95NO5. The molecule has 0 aromatic heterocycles. The first-order valence-electron chi connectivity index (χ1n) is 24.6. The van der Waals surface area contributed by atoms with Crippen LogP contribution in [-0.4, -0.2) is 46.9 Å². The van der Waals surface area contributed by atoms with Crippen molar-refractivity contribution in [3.8, 4) is 0 Å². The molecule has 3 N–H and O–H groups in total. The molecular weight excluding hydrogens is 695 g/mol. The van der Waals surface area contributed by atoms with Gasteiger partial charge in [0, 0.05) is 6.42 Å². The van der Waals surface area contributed by atoms with Crippen molar-refractivity contribution in [1.29, 1.82) is 0 Å². The molecule has 0 aromatic rings. The predicted molar refractivity (Wildman–Crippen MR) is 241 cm³/mol. The highest BCUT2D eigenvalue weighted by atomic mass is 16.5. The maximum absolute atomic E-state index is 13.1. The van der Waals surface area contributed by atoms with Crippen molar-refractivity contribution in [1.82, 2.24) is 5.32 Å². The first-order valence-corrected chi connectivity index (χ1v) is 24.6. The SMILES string of the molecule is CCCCCCCCC/C=C/C=C/CCCCCC(=O)OC(CCCCCCCCC)CC(=O)NC(CO)C(O)CCCCCCCCCCCCCCCC. The number of esters is 1. The van der Waals surface area contributed by atoms with Gasteiger partial charge in [-0.25, -0.2) is 0 Å². The quantitative estimate of drug-likeness (QED) is 0.0324. The van der Waals surface area contributed by atoms with Crippen LogP contribution in [0.4, 0.5) is 0 Å². The number of aliphatic hydroxyl groups excluding tert-OH is 2. The summed E-state index contributed by atoms with van der Waals surface area (Å²) in [6.07, 6.45) is 49.6. The molecule has 0 saturated carbocycles. The van der Waals surface area contributed by atoms with E-state index in [1.807, 2.05) is 0 Å². The largest absolute Gasteiger partial charge is 0.462 e. The Morgan fingerprint density at radius 2 is 0.893 bits per heavy atom. The molecule has 0 heterocycles. The molecule has 3 atom stereocenters. The fourth-order valence-corrected chi connectivity index (χ4v) is 7.54. The third-order valence-electron chi connectivity index (χ3n) is 11.3. The number of carbonyl (C=O) groups is 2. The summed E-state index contributed by atoms with van der Waals surface area (Å²) in [6.45, 7) is 6.45. The van der Waals surface area contributed by atoms with E-state index in [9.17, 15) is 19.8 Å². The molecule has 0 rings (SSSR count). The minimum Gasteiger partial charge on any atom is -0.462 e. The Morgan fingerprint density at radius 1 is 0.518 bits per heavy atom. The zero-order valence-corrected chi connectivity index (χ0v) is 37.5. The van der Waals surface area contributed by atoms with E-state index in [2.05, 4.69) is 50.4 Å². The molecule has 0 spiro atoms. The van der Waals surface area contributed by atoms with E-state index in [4.69, 9.17) is 4.74 Å². The molecule has 0 fully saturated rings. The summed E-state index contributed by atoms with van der Waals surface area (Å²) in [7, 11) is 0. The summed E-state index contributed by atoms with van der Waals surface area (Å²) in [6, 6.07) is -0.700. The number of rotatable bonds is 44. The predicted octanol–water partition coefficient (Wildman–Crippen LogP) is 14.3. The first kappa shape index (κ1) is 54.3. The van der Waals surface area contributed by atoms with Crippen LogP contribution in [0.15, 0.2) is 24.3 Å². The van der Waals surface area contributed by atoms with Crippen molar-refractivity contribution in [3.63, 3.8) is 0 Å². The number of amides is 1. The van der Waals surface area contributed by atoms with E-state index in [-0.39, 0.29) is 24.9 Å². The third-order valence-corrected chi connectivity index (χ3v) is 11.3. The third kappa shape index (κ3) is 39.2. The fourth-order valence-electron chi connectivity index (χ4n) is 7.54. The Kier molecular flexibility index (Phi) is 43.1. The Bertz CT molecular complexity index is 889. The van der Waals surface area contributed by atoms with Crippen molar-refractivity contribution in [3.05, 3.63) is 24.3 Å². The van der Waals surface area contributed by atoms with Gasteiger partial charge in [-0.05, 0) is 51.4 Å². The molecule has 0 aliphatic rings. The van der Waals surface area contributed by atoms with Crippen LogP contribution < -0.4 is 5.32 Å². The number of ether oxygens (including phenoxy) is 1. The smallest absolute Gasteiger partial charge is 0.306 e. The molecule has 0 bridgehead atoms. The lowest BCUT2D eigenvalue weighted by Crippen LogP contribution is -2.46. The van der Waals surface area contributed by atoms with Gasteiger partial charge < -0.3 is 20.3 Å². The standard InChI is InChI=1S/C50H95NO5/c1-4-7-10-13-16-18-20-22-24-25-27-29-31-34-37-40-43-50(55)56-46(41-38-35-32-15-12-9-6-3)44-49(54)51-47(45-52)48(53)42-39-36-33-30-28-26-23-21-19-17-14-11-8-5-2/h24-25,27,29,46-48,52-53H,4-23,26,28,30-45H2,1-3H3,(H,51,54)/b25-24+,29-27+. The van der Waals surface area contributed by atoms with Gasteiger partial charge in [0.15, 0.2) is 0 Å². The van der Waals surface area contributed by atoms with Crippen LogP contribution in [0.25, 0.3) is 0 Å². The summed E-state index contributed by atoms with van der Waals surface area (Å²) < 4.78 is 5.88. The van der Waals surface area contributed by atoms with Gasteiger partial charge in [0.2, 0.25) is 5.91 Å². The average Bonchev–Trinajstić information content (AvgIpc) is 3.19. The molecule has 3 unspecified atom stereocenters. The van der Waals surface area contributed by atoms with E-state index in [0.29, 0.717) is 19.3 Å². The highest BCUT2D eigenvalue weighted by molar-refractivity contribution is 5.77. The first-order chi connectivity index (χ1) is 27.5. The Hall–Kier alpha value is -1.66. The number of aliphatic hydroxyl groups is 2. The highest BCUT2D eigenvalue weighted by Gasteiger charge is 2.24. The van der Waals surface area contributed by atoms with Crippen molar-refractivity contribution < 1.29 is 24.5 Å². The van der Waals surface area contributed by atoms with E-state index in [0.717, 1.165) is 64.2 Å². The Labute approximate surface area is 348 Å². The van der Waals surface area contributed by atoms with Gasteiger partial charge >= 0.3 is 5.97 Å². The molecule has 6 heteroatoms. The van der Waals surface area contributed by atoms with Crippen molar-refractivity contribution >= 4 is 11.9 Å². The summed E-state index contributed by atoms with van der Waals surface area (Å²) in [5, 5.41) is 23.7. The molecule has 0 aromatic carbocycles. The minimum atomic E-state index is -0.786. The normalized spacial score (nSPS) is 13.4. The maximum Gasteiger partial charge on any atom is 0.306 e. The lowest BCUT2D eigenvalue weighted by molar-refractivity contribution is -0.151. The second-order valence-corrected chi connectivity index (χ2v) is 16.9. The zero-order valence-electron chi connectivity index (χ0n) is 37.5. The maximum atomic E-state index is 13.1. The second-order valence-electron chi connectivity index (χ2n) is 16.9. The van der Waals surface area contributed by atoms with Gasteiger partial charge in [0.25, 0.3) is 0 Å². The molecule has 0 aliphatic carbocycles. The zero-order chi connectivity index (χ0) is 41.0. The van der Waals surface area contributed by atoms with Crippen LogP contribution in [0, 0.1) is 0 Å². The minimum absolute atomic E-state index is 0.0704. The molecule has 1 amide bonds. The van der Waals surface area contributed by atoms with Gasteiger partial charge in [-0.1, -0.05) is 218 Å². The van der Waals surface area contributed by atoms with Crippen LogP contribution in [0.3, 0.4) is 0 Å². The van der Waals surface area contributed by atoms with Crippen LogP contribution in [-0.2, 0) is 14.3 Å². The number of carbonyl (C=O) groups excluding carboxylic acids is 2. The molecule has 0 aliphatic heterocycles. The summed E-state index contributed by atoms with van der Waals surface area (Å²) in [5.41, 5.74) is 0. The van der Waals surface area contributed by atoms with Crippen molar-refractivity contribution in [2.75, 3.05) is 6.61 Å². The highest BCUT2D eigenvalue weighted by Crippen LogP contribution is 2.18. The van der Waals surface area contributed by atoms with Gasteiger partial charge in [-0.15, -0.1) is 0 Å². The lowest BCUT2D eigenvalue weighted by atomic mass is 10.0. The number of allylic oxidation sites excluding steroid dienone is 4. The Balaban J connectivity index is 4.41. The number of hydrogen-bond acceptors (Lipinski definition) is 5. The molecule has 0 saturated heterocycles. The van der Waals surface area contributed by atoms with Crippen LogP contribution in [0.5, 0.6) is 0 Å². The lowest BCUT2D eigenvalue weighted by Gasteiger charge is -2.24. The fraction of sp³-hybridized carbons (Fsp3) is 0.880. The average molecular weight is 790 g/mol. The van der Waals surface area contributed by atoms with Crippen LogP contribution >= 0.6 is 0 Å². The van der Waals surface area contributed by atoms with Crippen molar-refractivity contribution in [2.45, 2.75) is 277 Å². The summed E-state index contributed by atoms with van der Waals surface area (Å²) >= 11 is 0. The topological polar surface area (TPSA) is 95.9 Å². The number of unbranched alkanes of at least 4 members (excludes halogenated alkanes) is 29. The molecule has 330 valence electrons. The second kappa shape index (κ2) is 44.4. The summed E-state index contributed by atoms with van der Waals surface area (Å²) in [4.78, 5) is 25.9. The molecule has 0 radical (unpaired) electrons.